The molecule has 198 valence electrons. The number of rotatable bonds is 5. The van der Waals surface area contributed by atoms with Gasteiger partial charge < -0.3 is 24.8 Å². The molecule has 1 aromatic carbocycles. The van der Waals surface area contributed by atoms with Crippen molar-refractivity contribution in [2.45, 2.75) is 50.7 Å². The zero-order chi connectivity index (χ0) is 27.0. The highest BCUT2D eigenvalue weighted by Gasteiger charge is 2.39. The lowest BCUT2D eigenvalue weighted by molar-refractivity contribution is -0.142. The van der Waals surface area contributed by atoms with Crippen LogP contribution >= 0.6 is 0 Å². The third kappa shape index (κ3) is 5.03. The number of aliphatic hydroxyl groups excluding tert-OH is 3. The Morgan fingerprint density at radius 1 is 1.08 bits per heavy atom. The molecule has 3 N–H and O–H groups in total. The molecule has 1 atom stereocenters. The lowest BCUT2D eigenvalue weighted by Gasteiger charge is -2.38. The fourth-order valence-electron chi connectivity index (χ4n) is 4.41. The van der Waals surface area contributed by atoms with Crippen molar-refractivity contribution in [1.82, 2.24) is 19.5 Å². The molecule has 0 unspecified atom stereocenters. The van der Waals surface area contributed by atoms with Gasteiger partial charge >= 0.3 is 6.18 Å². The van der Waals surface area contributed by atoms with Crippen molar-refractivity contribution in [2.75, 3.05) is 24.8 Å². The Bertz CT molecular complexity index is 1360. The van der Waals surface area contributed by atoms with E-state index in [1.165, 1.54) is 12.1 Å². The van der Waals surface area contributed by atoms with Crippen LogP contribution in [0.3, 0.4) is 0 Å². The Kier molecular flexibility index (Phi) is 7.93. The van der Waals surface area contributed by atoms with Gasteiger partial charge in [-0.25, -0.2) is 23.4 Å². The first-order valence-corrected chi connectivity index (χ1v) is 12.8. The Morgan fingerprint density at radius 3 is 2.25 bits per heavy atom. The summed E-state index contributed by atoms with van der Waals surface area (Å²) >= 11 is 0. The second-order valence-electron chi connectivity index (χ2n) is 8.58. The number of benzene rings is 1. The third-order valence-electron chi connectivity index (χ3n) is 5.87. The van der Waals surface area contributed by atoms with Crippen LogP contribution in [0, 0.1) is 5.92 Å². The lowest BCUT2D eigenvalue weighted by Crippen LogP contribution is -2.42. The van der Waals surface area contributed by atoms with E-state index in [1.54, 1.807) is 4.90 Å². The minimum atomic E-state index is -4.76. The Morgan fingerprint density at radius 2 is 1.72 bits per heavy atom. The normalized spacial score (nSPS) is 16.2. The van der Waals surface area contributed by atoms with Crippen molar-refractivity contribution in [3.63, 3.8) is 0 Å². The molecule has 0 fully saturated rings. The van der Waals surface area contributed by atoms with Crippen LogP contribution in [0.1, 0.15) is 42.5 Å². The average Bonchev–Trinajstić information content (AvgIpc) is 3.19. The quantitative estimate of drug-likeness (QED) is 0.451. The second-order valence-corrected chi connectivity index (χ2v) is 10.6. The number of imidazole rings is 1. The van der Waals surface area contributed by atoms with Crippen molar-refractivity contribution >= 4 is 26.8 Å². The van der Waals surface area contributed by atoms with Crippen LogP contribution in [0.5, 0.6) is 0 Å². The summed E-state index contributed by atoms with van der Waals surface area (Å²) in [5.41, 5.74) is -0.337. The maximum atomic E-state index is 13.5. The summed E-state index contributed by atoms with van der Waals surface area (Å²) < 4.78 is 66.9. The number of aromatic nitrogens is 4. The molecule has 10 nitrogen and oxygen atoms in total. The molecule has 3 aromatic rings. The van der Waals surface area contributed by atoms with Crippen molar-refractivity contribution in [3.05, 3.63) is 41.0 Å². The molecule has 4 rings (SSSR count). The predicted molar refractivity (Wildman–Crippen MR) is 125 cm³/mol. The van der Waals surface area contributed by atoms with Gasteiger partial charge in [-0.15, -0.1) is 0 Å². The largest absolute Gasteiger partial charge is 0.433 e. The molecule has 0 amide bonds. The molecule has 0 spiro atoms. The molecule has 0 saturated carbocycles. The number of halogens is 3. The molecule has 1 aliphatic heterocycles. The molecule has 0 radical (unpaired) electrons. The first-order chi connectivity index (χ1) is 16.9. The summed E-state index contributed by atoms with van der Waals surface area (Å²) in [5.74, 6) is 0.293. The van der Waals surface area contributed by atoms with E-state index in [0.717, 1.165) is 19.6 Å². The summed E-state index contributed by atoms with van der Waals surface area (Å²) in [4.78, 5) is 14.2. The standard InChI is InChI=1S/C21H24F3N5O4S.CH4O/c1-11(2)17-19-26-14-6-12(9-30)16(34(3,32)33)7-15(14)28(19)4-5-29(17)20-25-8-13(10-31)18(27-20)21(22,23)24;1-2/h6-8,11,17,30-31H,4-5,9-10H2,1-3H3;2H,1H3/t17-;/m1./s1. The number of fused-ring (bicyclic) bond motifs is 3. The highest BCUT2D eigenvalue weighted by Crippen LogP contribution is 2.38. The van der Waals surface area contributed by atoms with E-state index in [-0.39, 0.29) is 28.9 Å². The summed E-state index contributed by atoms with van der Waals surface area (Å²) in [6.45, 7) is 3.02. The fraction of sp³-hybridized carbons (Fsp3) is 0.500. The number of aliphatic hydroxyl groups is 3. The van der Waals surface area contributed by atoms with E-state index < -0.39 is 46.5 Å². The minimum absolute atomic E-state index is 0.00599. The van der Waals surface area contributed by atoms with Crippen LogP contribution < -0.4 is 4.90 Å². The van der Waals surface area contributed by atoms with Gasteiger partial charge in [0.1, 0.15) is 5.82 Å². The van der Waals surface area contributed by atoms with E-state index >= 15 is 0 Å². The summed E-state index contributed by atoms with van der Waals surface area (Å²) in [6.07, 6.45) is -2.72. The fourth-order valence-corrected chi connectivity index (χ4v) is 5.33. The summed E-state index contributed by atoms with van der Waals surface area (Å²) in [7, 11) is -2.61. The van der Waals surface area contributed by atoms with E-state index in [2.05, 4.69) is 15.0 Å². The maximum Gasteiger partial charge on any atom is 0.433 e. The predicted octanol–water partition coefficient (Wildman–Crippen LogP) is 2.06. The Balaban J connectivity index is 0.00000176. The first kappa shape index (κ1) is 27.8. The van der Waals surface area contributed by atoms with E-state index in [1.807, 2.05) is 18.4 Å². The van der Waals surface area contributed by atoms with Crippen LogP contribution in [0.25, 0.3) is 11.0 Å². The van der Waals surface area contributed by atoms with Gasteiger partial charge in [-0.2, -0.15) is 13.2 Å². The molecule has 14 heteroatoms. The van der Waals surface area contributed by atoms with E-state index in [4.69, 9.17) is 5.11 Å². The number of hydrogen-bond acceptors (Lipinski definition) is 9. The lowest BCUT2D eigenvalue weighted by atomic mass is 10.00. The third-order valence-corrected chi connectivity index (χ3v) is 7.05. The second kappa shape index (κ2) is 10.3. The van der Waals surface area contributed by atoms with Crippen LogP contribution in [0.4, 0.5) is 19.1 Å². The Labute approximate surface area is 206 Å². The average molecular weight is 532 g/mol. The van der Waals surface area contributed by atoms with Gasteiger partial charge in [-0.3, -0.25) is 0 Å². The smallest absolute Gasteiger partial charge is 0.400 e. The number of alkyl halides is 3. The van der Waals surface area contributed by atoms with Crippen LogP contribution in [0.2, 0.25) is 0 Å². The molecule has 2 aromatic heterocycles. The molecule has 0 saturated heterocycles. The van der Waals surface area contributed by atoms with Crippen LogP contribution in [-0.4, -0.2) is 63.2 Å². The molecule has 0 bridgehead atoms. The topological polar surface area (TPSA) is 142 Å². The van der Waals surface area contributed by atoms with Gasteiger partial charge in [0.15, 0.2) is 15.5 Å². The first-order valence-electron chi connectivity index (χ1n) is 11.0. The van der Waals surface area contributed by atoms with E-state index in [9.17, 15) is 31.8 Å². The van der Waals surface area contributed by atoms with Gasteiger partial charge in [0.25, 0.3) is 0 Å². The van der Waals surface area contributed by atoms with Gasteiger partial charge in [-0.05, 0) is 23.6 Å². The van der Waals surface area contributed by atoms with Crippen molar-refractivity contribution < 1.29 is 36.9 Å². The van der Waals surface area contributed by atoms with Crippen molar-refractivity contribution in [1.29, 1.82) is 0 Å². The molecule has 1 aliphatic rings. The van der Waals surface area contributed by atoms with Gasteiger partial charge in [0.2, 0.25) is 5.95 Å². The summed E-state index contributed by atoms with van der Waals surface area (Å²) in [5, 5.41) is 26.0. The minimum Gasteiger partial charge on any atom is -0.400 e. The number of hydrogen-bond donors (Lipinski definition) is 3. The van der Waals surface area contributed by atoms with Crippen molar-refractivity contribution in [2.24, 2.45) is 5.92 Å². The van der Waals surface area contributed by atoms with Crippen molar-refractivity contribution in [3.8, 4) is 0 Å². The van der Waals surface area contributed by atoms with Crippen LogP contribution in [0.15, 0.2) is 23.2 Å². The van der Waals surface area contributed by atoms with Gasteiger partial charge in [0, 0.05) is 38.2 Å². The zero-order valence-electron chi connectivity index (χ0n) is 20.2. The number of anilines is 1. The van der Waals surface area contributed by atoms with E-state index in [0.29, 0.717) is 23.4 Å². The monoisotopic (exact) mass is 531 g/mol. The maximum absolute atomic E-state index is 13.5. The molecule has 36 heavy (non-hydrogen) atoms. The highest BCUT2D eigenvalue weighted by molar-refractivity contribution is 7.90. The van der Waals surface area contributed by atoms with Gasteiger partial charge in [-0.1, -0.05) is 13.8 Å². The molecular formula is C22H28F3N5O5S. The molecule has 0 aliphatic carbocycles. The zero-order valence-corrected chi connectivity index (χ0v) is 21.0. The Hall–Kier alpha value is -2.81. The number of nitrogens with zero attached hydrogens (tertiary/aromatic N) is 5. The molecule has 3 heterocycles. The summed E-state index contributed by atoms with van der Waals surface area (Å²) in [6, 6.07) is 2.50. The van der Waals surface area contributed by atoms with Gasteiger partial charge in [0.05, 0.1) is 35.2 Å². The highest BCUT2D eigenvalue weighted by atomic mass is 32.2. The van der Waals surface area contributed by atoms with Crippen LogP contribution in [-0.2, 0) is 35.8 Å². The SMILES string of the molecule is CC(C)[C@@H]1c2nc3cc(CO)c(S(C)(=O)=O)cc3n2CCN1c1ncc(CO)c(C(F)(F)F)n1.CO. The molecular weight excluding hydrogens is 503 g/mol. The number of sulfone groups is 1.